The Labute approximate surface area is 129 Å². The summed E-state index contributed by atoms with van der Waals surface area (Å²) in [6, 6.07) is 0. The highest BCUT2D eigenvalue weighted by atomic mass is 28.5. The van der Waals surface area contributed by atoms with Crippen LogP contribution in [0, 0.1) is 0 Å². The van der Waals surface area contributed by atoms with E-state index in [0.717, 1.165) is 0 Å². The molecule has 0 aromatic rings. The first kappa shape index (κ1) is 20.4. The van der Waals surface area contributed by atoms with Crippen LogP contribution >= 0.6 is 0 Å². The number of rotatable bonds is 9. The summed E-state index contributed by atoms with van der Waals surface area (Å²) in [5, 5.41) is 0. The van der Waals surface area contributed by atoms with Crippen LogP contribution in [0.25, 0.3) is 0 Å². The van der Waals surface area contributed by atoms with Crippen LogP contribution in [0.2, 0.25) is 52.4 Å². The summed E-state index contributed by atoms with van der Waals surface area (Å²) in [5.74, 6) is 0. The van der Waals surface area contributed by atoms with Gasteiger partial charge in [0.2, 0.25) is 0 Å². The van der Waals surface area contributed by atoms with Crippen molar-refractivity contribution in [2.24, 2.45) is 0 Å². The number of hydrogen-bond acceptors (Lipinski definition) is 4. The van der Waals surface area contributed by atoms with Gasteiger partial charge in [0.25, 0.3) is 0 Å². The predicted molar refractivity (Wildman–Crippen MR) is 95.0 cm³/mol. The first-order valence-corrected chi connectivity index (χ1v) is 18.6. The summed E-state index contributed by atoms with van der Waals surface area (Å²) < 4.78 is 24.5. The topological polar surface area (TPSA) is 36.9 Å². The zero-order valence-electron chi connectivity index (χ0n) is 14.6. The van der Waals surface area contributed by atoms with Gasteiger partial charge in [-0.1, -0.05) is 5.70 Å². The molecule has 0 saturated heterocycles. The molecule has 0 bridgehead atoms. The van der Waals surface area contributed by atoms with Gasteiger partial charge < -0.3 is 16.8 Å². The summed E-state index contributed by atoms with van der Waals surface area (Å²) >= 11 is 0. The van der Waals surface area contributed by atoms with Crippen molar-refractivity contribution in [3.63, 3.8) is 0 Å². The maximum atomic E-state index is 6.32. The van der Waals surface area contributed by atoms with E-state index in [-0.39, 0.29) is 0 Å². The fourth-order valence-corrected chi connectivity index (χ4v) is 19.2. The summed E-state index contributed by atoms with van der Waals surface area (Å²) in [6.07, 6.45) is 0. The van der Waals surface area contributed by atoms with E-state index in [0.29, 0.717) is 6.61 Å². The van der Waals surface area contributed by atoms with Gasteiger partial charge in [-0.15, -0.1) is 6.58 Å². The molecule has 0 aliphatic rings. The molecule has 0 spiro atoms. The third kappa shape index (κ3) is 8.67. The van der Waals surface area contributed by atoms with Crippen LogP contribution in [-0.4, -0.2) is 40.6 Å². The van der Waals surface area contributed by atoms with Crippen LogP contribution < -0.4 is 0 Å². The van der Waals surface area contributed by atoms with E-state index in [1.165, 1.54) is 0 Å². The SMILES string of the molecule is C=C[Si](C)(C)O[Si](C)(C)O[Si](C)(C)O[Si](C)(C)OCC. The van der Waals surface area contributed by atoms with Gasteiger partial charge in [0.1, 0.15) is 0 Å². The smallest absolute Gasteiger partial charge is 0.322 e. The molecule has 0 atom stereocenters. The highest BCUT2D eigenvalue weighted by Gasteiger charge is 2.43. The molecule has 4 nitrogen and oxygen atoms in total. The van der Waals surface area contributed by atoms with Gasteiger partial charge in [-0.2, -0.15) is 0 Å². The molecule has 0 fully saturated rings. The summed E-state index contributed by atoms with van der Waals surface area (Å²) in [7, 11) is -8.44. The zero-order chi connectivity index (χ0) is 16.2. The standard InChI is InChI=1S/C12H32O4Si4/c1-11-13-18(5,6)15-20(9,10)16-19(7,8)14-17(3,4)12-2/h12H,2,11H2,1,3-10H3. The minimum absolute atomic E-state index is 0.678. The Hall–Kier alpha value is 0.448. The highest BCUT2D eigenvalue weighted by molar-refractivity contribution is 6.89. The van der Waals surface area contributed by atoms with E-state index in [2.05, 4.69) is 59.0 Å². The van der Waals surface area contributed by atoms with Crippen molar-refractivity contribution in [3.05, 3.63) is 12.3 Å². The average molecular weight is 353 g/mol. The van der Waals surface area contributed by atoms with Gasteiger partial charge in [0.15, 0.2) is 8.32 Å². The van der Waals surface area contributed by atoms with Crippen LogP contribution in [0.4, 0.5) is 0 Å². The highest BCUT2D eigenvalue weighted by Crippen LogP contribution is 2.24. The second-order valence-electron chi connectivity index (χ2n) is 6.75. The average Bonchev–Trinajstić information content (AvgIpc) is 2.10. The van der Waals surface area contributed by atoms with Crippen molar-refractivity contribution in [3.8, 4) is 0 Å². The maximum Gasteiger partial charge on any atom is 0.322 e. The Morgan fingerprint density at radius 3 is 1.55 bits per heavy atom. The molecule has 0 aliphatic heterocycles. The Morgan fingerprint density at radius 1 is 0.750 bits per heavy atom. The van der Waals surface area contributed by atoms with E-state index < -0.39 is 34.0 Å². The lowest BCUT2D eigenvalue weighted by atomic mass is 10.9. The minimum atomic E-state index is -2.26. The van der Waals surface area contributed by atoms with E-state index >= 15 is 0 Å². The van der Waals surface area contributed by atoms with Crippen molar-refractivity contribution in [1.82, 2.24) is 0 Å². The molecule has 120 valence electrons. The molecule has 0 heterocycles. The molecule has 20 heavy (non-hydrogen) atoms. The minimum Gasteiger partial charge on any atom is -0.433 e. The summed E-state index contributed by atoms with van der Waals surface area (Å²) in [6.45, 7) is 23.2. The quantitative estimate of drug-likeness (QED) is 0.585. The van der Waals surface area contributed by atoms with Crippen LogP contribution in [0.1, 0.15) is 6.92 Å². The Balaban J connectivity index is 4.77. The first-order chi connectivity index (χ1) is 8.74. The van der Waals surface area contributed by atoms with Gasteiger partial charge in [-0.3, -0.25) is 0 Å². The predicted octanol–water partition coefficient (Wildman–Crippen LogP) is 4.11. The molecule has 0 aromatic heterocycles. The van der Waals surface area contributed by atoms with E-state index in [1.807, 2.05) is 12.6 Å². The second kappa shape index (κ2) is 7.14. The van der Waals surface area contributed by atoms with E-state index in [4.69, 9.17) is 16.8 Å². The Morgan fingerprint density at radius 2 is 1.15 bits per heavy atom. The maximum absolute atomic E-state index is 6.32. The van der Waals surface area contributed by atoms with Gasteiger partial charge in [0.05, 0.1) is 0 Å². The van der Waals surface area contributed by atoms with Crippen molar-refractivity contribution in [1.29, 1.82) is 0 Å². The van der Waals surface area contributed by atoms with Crippen LogP contribution in [0.15, 0.2) is 12.3 Å². The third-order valence-electron chi connectivity index (χ3n) is 2.48. The number of hydrogen-bond donors (Lipinski definition) is 0. The molecule has 0 aliphatic carbocycles. The third-order valence-corrected chi connectivity index (χ3v) is 16.4. The monoisotopic (exact) mass is 352 g/mol. The van der Waals surface area contributed by atoms with Crippen molar-refractivity contribution in [2.45, 2.75) is 59.3 Å². The summed E-state index contributed by atoms with van der Waals surface area (Å²) in [4.78, 5) is 0. The molecule has 0 radical (unpaired) electrons. The molecule has 0 aromatic carbocycles. The lowest BCUT2D eigenvalue weighted by Gasteiger charge is -2.39. The normalized spacial score (nSPS) is 14.4. The fraction of sp³-hybridized carbons (Fsp3) is 0.833. The molecular weight excluding hydrogens is 320 g/mol. The molecule has 0 rings (SSSR count). The van der Waals surface area contributed by atoms with Gasteiger partial charge in [0, 0.05) is 6.61 Å². The largest absolute Gasteiger partial charge is 0.433 e. The summed E-state index contributed by atoms with van der Waals surface area (Å²) in [5.41, 5.74) is 1.94. The van der Waals surface area contributed by atoms with E-state index in [1.54, 1.807) is 0 Å². The van der Waals surface area contributed by atoms with Gasteiger partial charge in [-0.05, 0) is 59.3 Å². The molecular formula is C12H32O4Si4. The van der Waals surface area contributed by atoms with E-state index in [9.17, 15) is 0 Å². The zero-order valence-corrected chi connectivity index (χ0v) is 18.6. The molecule has 8 heteroatoms. The Bertz CT molecular complexity index is 329. The van der Waals surface area contributed by atoms with Gasteiger partial charge >= 0.3 is 25.7 Å². The first-order valence-electron chi connectivity index (χ1n) is 7.12. The van der Waals surface area contributed by atoms with Crippen molar-refractivity contribution in [2.75, 3.05) is 6.61 Å². The second-order valence-corrected chi connectivity index (χ2v) is 21.5. The van der Waals surface area contributed by atoms with Crippen molar-refractivity contribution < 1.29 is 16.8 Å². The molecule has 0 unspecified atom stereocenters. The lowest BCUT2D eigenvalue weighted by molar-refractivity contribution is 0.235. The molecule has 0 amide bonds. The molecule has 0 saturated carbocycles. The van der Waals surface area contributed by atoms with Crippen LogP contribution in [0.3, 0.4) is 0 Å². The fourth-order valence-electron chi connectivity index (χ4n) is 2.28. The van der Waals surface area contributed by atoms with Crippen molar-refractivity contribution >= 4 is 34.0 Å². The lowest BCUT2D eigenvalue weighted by Crippen LogP contribution is -2.56. The van der Waals surface area contributed by atoms with Crippen LogP contribution in [0.5, 0.6) is 0 Å². The molecule has 0 N–H and O–H groups in total. The Kier molecular flexibility index (Phi) is 7.30. The van der Waals surface area contributed by atoms with Crippen LogP contribution in [-0.2, 0) is 16.8 Å². The van der Waals surface area contributed by atoms with Gasteiger partial charge in [-0.25, -0.2) is 0 Å².